The third kappa shape index (κ3) is 3.13. The molecular formula is C13H23N. The summed E-state index contributed by atoms with van der Waals surface area (Å²) < 4.78 is 0. The van der Waals surface area contributed by atoms with Gasteiger partial charge in [-0.25, -0.2) is 0 Å². The van der Waals surface area contributed by atoms with Crippen LogP contribution in [0.3, 0.4) is 0 Å². The lowest BCUT2D eigenvalue weighted by atomic mass is 9.83. The lowest BCUT2D eigenvalue weighted by Gasteiger charge is -2.26. The van der Waals surface area contributed by atoms with Gasteiger partial charge in [-0.15, -0.1) is 0 Å². The molecule has 2 rings (SSSR count). The normalized spacial score (nSPS) is 27.6. The highest BCUT2D eigenvalue weighted by Gasteiger charge is 2.16. The quantitative estimate of drug-likeness (QED) is 0.522. The first-order chi connectivity index (χ1) is 6.95. The molecule has 0 aromatic rings. The Morgan fingerprint density at radius 1 is 1.07 bits per heavy atom. The molecule has 2 aliphatic rings. The summed E-state index contributed by atoms with van der Waals surface area (Å²) >= 11 is 0. The third-order valence-corrected chi connectivity index (χ3v) is 3.76. The number of nitrogens with one attached hydrogen (secondary N) is 1. The molecule has 14 heavy (non-hydrogen) atoms. The standard InChI is InChI=1S/C13H23N/c1-2-5-13(6-3-1)11-14-10-9-12-7-4-8-12/h1-2,12-14H,3-11H2. The second-order valence-corrected chi connectivity index (χ2v) is 4.94. The fourth-order valence-electron chi connectivity index (χ4n) is 2.44. The van der Waals surface area contributed by atoms with Crippen LogP contribution in [0.5, 0.6) is 0 Å². The molecule has 1 unspecified atom stereocenters. The first-order valence-electron chi connectivity index (χ1n) is 6.31. The maximum atomic E-state index is 3.62. The molecule has 1 fully saturated rings. The molecule has 0 amide bonds. The first-order valence-corrected chi connectivity index (χ1v) is 6.31. The molecule has 0 radical (unpaired) electrons. The topological polar surface area (TPSA) is 12.0 Å². The van der Waals surface area contributed by atoms with E-state index in [9.17, 15) is 0 Å². The highest BCUT2D eigenvalue weighted by Crippen LogP contribution is 2.28. The smallest absolute Gasteiger partial charge is 0.00174 e. The average molecular weight is 193 g/mol. The molecule has 1 atom stereocenters. The molecule has 0 aliphatic heterocycles. The summed E-state index contributed by atoms with van der Waals surface area (Å²) in [4.78, 5) is 0. The molecule has 0 heterocycles. The Morgan fingerprint density at radius 3 is 2.64 bits per heavy atom. The minimum Gasteiger partial charge on any atom is -0.316 e. The number of hydrogen-bond acceptors (Lipinski definition) is 1. The molecule has 1 saturated carbocycles. The van der Waals surface area contributed by atoms with Gasteiger partial charge in [0.15, 0.2) is 0 Å². The molecule has 0 saturated heterocycles. The Kier molecular flexibility index (Phi) is 4.05. The lowest BCUT2D eigenvalue weighted by Crippen LogP contribution is -2.27. The molecule has 0 spiro atoms. The molecule has 80 valence electrons. The van der Waals surface area contributed by atoms with Crippen molar-refractivity contribution in [2.45, 2.75) is 44.9 Å². The van der Waals surface area contributed by atoms with Crippen LogP contribution in [0.15, 0.2) is 12.2 Å². The second kappa shape index (κ2) is 5.55. The predicted molar refractivity (Wildman–Crippen MR) is 61.3 cm³/mol. The highest BCUT2D eigenvalue weighted by atomic mass is 14.9. The summed E-state index contributed by atoms with van der Waals surface area (Å²) in [6.45, 7) is 2.50. The van der Waals surface area contributed by atoms with Crippen LogP contribution in [-0.4, -0.2) is 13.1 Å². The molecule has 0 aromatic carbocycles. The zero-order valence-corrected chi connectivity index (χ0v) is 9.17. The van der Waals surface area contributed by atoms with Crippen LogP contribution in [0.25, 0.3) is 0 Å². The van der Waals surface area contributed by atoms with Crippen LogP contribution in [0, 0.1) is 11.8 Å². The van der Waals surface area contributed by atoms with Crippen molar-refractivity contribution in [3.63, 3.8) is 0 Å². The van der Waals surface area contributed by atoms with Crippen molar-refractivity contribution >= 4 is 0 Å². The largest absolute Gasteiger partial charge is 0.316 e. The van der Waals surface area contributed by atoms with Crippen molar-refractivity contribution in [2.24, 2.45) is 11.8 Å². The first kappa shape index (κ1) is 10.2. The minimum atomic E-state index is 0.918. The van der Waals surface area contributed by atoms with E-state index >= 15 is 0 Å². The van der Waals surface area contributed by atoms with E-state index in [1.165, 1.54) is 58.0 Å². The Morgan fingerprint density at radius 2 is 2.00 bits per heavy atom. The van der Waals surface area contributed by atoms with Crippen molar-refractivity contribution in [3.8, 4) is 0 Å². The Labute approximate surface area is 88.0 Å². The van der Waals surface area contributed by atoms with Gasteiger partial charge in [-0.3, -0.25) is 0 Å². The van der Waals surface area contributed by atoms with E-state index in [2.05, 4.69) is 17.5 Å². The van der Waals surface area contributed by atoms with E-state index in [4.69, 9.17) is 0 Å². The summed E-state index contributed by atoms with van der Waals surface area (Å²) in [6, 6.07) is 0. The maximum absolute atomic E-state index is 3.62. The van der Waals surface area contributed by atoms with Crippen molar-refractivity contribution in [3.05, 3.63) is 12.2 Å². The Bertz CT molecular complexity index is 182. The van der Waals surface area contributed by atoms with Gasteiger partial charge in [-0.05, 0) is 50.6 Å². The SMILES string of the molecule is C1=CCC(CNCCC2CCC2)CC1. The van der Waals surface area contributed by atoms with Crippen LogP contribution in [0.4, 0.5) is 0 Å². The Hall–Kier alpha value is -0.300. The van der Waals surface area contributed by atoms with Crippen LogP contribution in [-0.2, 0) is 0 Å². The van der Waals surface area contributed by atoms with Crippen LogP contribution in [0.1, 0.15) is 44.9 Å². The summed E-state index contributed by atoms with van der Waals surface area (Å²) in [6.07, 6.45) is 14.6. The van der Waals surface area contributed by atoms with Crippen molar-refractivity contribution in [1.82, 2.24) is 5.32 Å². The lowest BCUT2D eigenvalue weighted by molar-refractivity contribution is 0.288. The maximum Gasteiger partial charge on any atom is -0.00174 e. The zero-order valence-electron chi connectivity index (χ0n) is 9.17. The van der Waals surface area contributed by atoms with Crippen molar-refractivity contribution < 1.29 is 0 Å². The van der Waals surface area contributed by atoms with E-state index in [1.54, 1.807) is 0 Å². The highest BCUT2D eigenvalue weighted by molar-refractivity contribution is 4.90. The number of hydrogen-bond donors (Lipinski definition) is 1. The molecule has 0 aromatic heterocycles. The zero-order chi connectivity index (χ0) is 9.64. The van der Waals surface area contributed by atoms with Gasteiger partial charge in [0.2, 0.25) is 0 Å². The monoisotopic (exact) mass is 193 g/mol. The van der Waals surface area contributed by atoms with Gasteiger partial charge in [-0.2, -0.15) is 0 Å². The average Bonchev–Trinajstić information content (AvgIpc) is 2.16. The van der Waals surface area contributed by atoms with Gasteiger partial charge in [0.05, 0.1) is 0 Å². The predicted octanol–water partition coefficient (Wildman–Crippen LogP) is 3.12. The van der Waals surface area contributed by atoms with E-state index in [-0.39, 0.29) is 0 Å². The second-order valence-electron chi connectivity index (χ2n) is 4.94. The van der Waals surface area contributed by atoms with Gasteiger partial charge >= 0.3 is 0 Å². The molecule has 2 aliphatic carbocycles. The van der Waals surface area contributed by atoms with Gasteiger partial charge < -0.3 is 5.32 Å². The molecule has 1 nitrogen and oxygen atoms in total. The van der Waals surface area contributed by atoms with Crippen molar-refractivity contribution in [2.75, 3.05) is 13.1 Å². The van der Waals surface area contributed by atoms with Crippen molar-refractivity contribution in [1.29, 1.82) is 0 Å². The number of allylic oxidation sites excluding steroid dienone is 2. The summed E-state index contributed by atoms with van der Waals surface area (Å²) in [7, 11) is 0. The van der Waals surface area contributed by atoms with Gasteiger partial charge in [0.25, 0.3) is 0 Å². The molecule has 1 heteroatoms. The van der Waals surface area contributed by atoms with Gasteiger partial charge in [0.1, 0.15) is 0 Å². The summed E-state index contributed by atoms with van der Waals surface area (Å²) in [5.41, 5.74) is 0. The minimum absolute atomic E-state index is 0.918. The van der Waals surface area contributed by atoms with E-state index < -0.39 is 0 Å². The van der Waals surface area contributed by atoms with E-state index in [0.29, 0.717) is 0 Å². The van der Waals surface area contributed by atoms with Crippen LogP contribution in [0.2, 0.25) is 0 Å². The molecular weight excluding hydrogens is 170 g/mol. The van der Waals surface area contributed by atoms with Crippen LogP contribution >= 0.6 is 0 Å². The van der Waals surface area contributed by atoms with Gasteiger partial charge in [-0.1, -0.05) is 31.4 Å². The number of rotatable bonds is 5. The molecule has 0 bridgehead atoms. The summed E-state index contributed by atoms with van der Waals surface area (Å²) in [5, 5.41) is 3.62. The molecule has 1 N–H and O–H groups in total. The Balaban J connectivity index is 1.47. The van der Waals surface area contributed by atoms with E-state index in [0.717, 1.165) is 11.8 Å². The fourth-order valence-corrected chi connectivity index (χ4v) is 2.44. The fraction of sp³-hybridized carbons (Fsp3) is 0.846. The van der Waals surface area contributed by atoms with Crippen LogP contribution < -0.4 is 5.32 Å². The van der Waals surface area contributed by atoms with E-state index in [1.807, 2.05) is 0 Å². The van der Waals surface area contributed by atoms with Gasteiger partial charge in [0, 0.05) is 0 Å². The third-order valence-electron chi connectivity index (χ3n) is 3.76. The summed E-state index contributed by atoms with van der Waals surface area (Å²) in [5.74, 6) is 1.98.